The summed E-state index contributed by atoms with van der Waals surface area (Å²) in [5, 5.41) is 15.2. The van der Waals surface area contributed by atoms with Crippen molar-refractivity contribution in [1.82, 2.24) is 15.0 Å². The number of amides is 1. The van der Waals surface area contributed by atoms with Crippen molar-refractivity contribution < 1.29 is 4.79 Å². The molecule has 4 saturated carbocycles. The number of anilines is 2. The third kappa shape index (κ3) is 3.78. The Morgan fingerprint density at radius 1 is 0.906 bits per heavy atom. The quantitative estimate of drug-likeness (QED) is 0.583. The van der Waals surface area contributed by atoms with Gasteiger partial charge in [0.15, 0.2) is 5.69 Å². The van der Waals surface area contributed by atoms with Gasteiger partial charge in [0.05, 0.1) is 24.1 Å². The number of nitrogens with one attached hydrogen (secondary N) is 2. The molecule has 4 aliphatic rings. The molecule has 0 atom stereocenters. The first-order valence-electron chi connectivity index (χ1n) is 11.8. The first kappa shape index (κ1) is 19.5. The molecule has 4 bridgehead atoms. The summed E-state index contributed by atoms with van der Waals surface area (Å²) in [4.78, 5) is 12.9. The van der Waals surface area contributed by atoms with E-state index in [0.29, 0.717) is 12.2 Å². The molecule has 3 aromatic rings. The van der Waals surface area contributed by atoms with Gasteiger partial charge in [0.2, 0.25) is 0 Å². The predicted molar refractivity (Wildman–Crippen MR) is 124 cm³/mol. The van der Waals surface area contributed by atoms with Crippen LogP contribution in [0, 0.1) is 17.8 Å². The Kier molecular flexibility index (Phi) is 4.74. The van der Waals surface area contributed by atoms with Crippen LogP contribution in [0.1, 0.15) is 54.6 Å². The summed E-state index contributed by atoms with van der Waals surface area (Å²) in [7, 11) is 0. The van der Waals surface area contributed by atoms with Crippen LogP contribution >= 0.6 is 0 Å². The van der Waals surface area contributed by atoms with Gasteiger partial charge in [-0.05, 0) is 74.0 Å². The second-order valence-corrected chi connectivity index (χ2v) is 10.1. The molecule has 2 aromatic carbocycles. The van der Waals surface area contributed by atoms with Crippen molar-refractivity contribution in [1.29, 1.82) is 0 Å². The van der Waals surface area contributed by atoms with Crippen LogP contribution in [-0.2, 0) is 6.54 Å². The lowest BCUT2D eigenvalue weighted by molar-refractivity contribution is 0.0107. The number of para-hydroxylation sites is 2. The summed E-state index contributed by atoms with van der Waals surface area (Å²) in [5.74, 6) is 2.38. The maximum atomic E-state index is 12.9. The Hall–Kier alpha value is -3.15. The van der Waals surface area contributed by atoms with E-state index in [9.17, 15) is 4.79 Å². The largest absolute Gasteiger partial charge is 0.378 e. The molecular weight excluding hydrogens is 398 g/mol. The predicted octanol–water partition coefficient (Wildman–Crippen LogP) is 4.96. The molecule has 0 saturated heterocycles. The lowest BCUT2D eigenvalue weighted by Gasteiger charge is -2.57. The number of hydrogen-bond acceptors (Lipinski definition) is 4. The average molecular weight is 428 g/mol. The van der Waals surface area contributed by atoms with Crippen LogP contribution in [0.5, 0.6) is 0 Å². The number of carbonyl (C=O) groups excluding carboxylic acids is 1. The van der Waals surface area contributed by atoms with Crippen LogP contribution in [0.3, 0.4) is 0 Å². The van der Waals surface area contributed by atoms with E-state index in [0.717, 1.165) is 34.7 Å². The Bertz CT molecular complexity index is 1090. The van der Waals surface area contributed by atoms with E-state index in [-0.39, 0.29) is 11.4 Å². The minimum Gasteiger partial charge on any atom is -0.378 e. The molecule has 2 N–H and O–H groups in total. The zero-order valence-corrected chi connectivity index (χ0v) is 18.2. The van der Waals surface area contributed by atoms with Gasteiger partial charge < -0.3 is 10.6 Å². The number of carbonyl (C=O) groups is 1. The molecule has 1 aromatic heterocycles. The Labute approximate surface area is 188 Å². The van der Waals surface area contributed by atoms with Gasteiger partial charge in [-0.25, -0.2) is 4.68 Å². The topological polar surface area (TPSA) is 71.8 Å². The zero-order chi connectivity index (χ0) is 21.5. The molecule has 32 heavy (non-hydrogen) atoms. The normalized spacial score (nSPS) is 27.9. The van der Waals surface area contributed by atoms with Gasteiger partial charge in [-0.15, -0.1) is 5.10 Å². The maximum absolute atomic E-state index is 12.9. The number of nitrogens with zero attached hydrogens (tertiary/aromatic N) is 3. The van der Waals surface area contributed by atoms with Crippen molar-refractivity contribution >= 4 is 17.3 Å². The van der Waals surface area contributed by atoms with Crippen molar-refractivity contribution in [2.75, 3.05) is 10.6 Å². The molecule has 1 heterocycles. The highest BCUT2D eigenvalue weighted by molar-refractivity contribution is 6.04. The van der Waals surface area contributed by atoms with E-state index in [1.54, 1.807) is 10.9 Å². The minimum absolute atomic E-state index is 0.189. The second-order valence-electron chi connectivity index (χ2n) is 10.1. The van der Waals surface area contributed by atoms with Gasteiger partial charge >= 0.3 is 0 Å². The summed E-state index contributed by atoms with van der Waals surface area (Å²) >= 11 is 0. The first-order valence-corrected chi connectivity index (χ1v) is 11.8. The molecule has 0 radical (unpaired) electrons. The van der Waals surface area contributed by atoms with Crippen molar-refractivity contribution in [3.05, 3.63) is 72.1 Å². The van der Waals surface area contributed by atoms with E-state index < -0.39 is 0 Å². The first-order chi connectivity index (χ1) is 15.6. The summed E-state index contributed by atoms with van der Waals surface area (Å²) in [6, 6.07) is 18.1. The molecule has 7 rings (SSSR count). The number of hydrogen-bond donors (Lipinski definition) is 2. The molecule has 6 nitrogen and oxygen atoms in total. The van der Waals surface area contributed by atoms with Crippen molar-refractivity contribution in [3.8, 4) is 0 Å². The van der Waals surface area contributed by atoms with Crippen LogP contribution < -0.4 is 10.6 Å². The monoisotopic (exact) mass is 427 g/mol. The molecule has 0 unspecified atom stereocenters. The fourth-order valence-corrected chi connectivity index (χ4v) is 6.69. The third-order valence-electron chi connectivity index (χ3n) is 7.57. The van der Waals surface area contributed by atoms with Crippen LogP contribution in [0.25, 0.3) is 0 Å². The van der Waals surface area contributed by atoms with Crippen molar-refractivity contribution in [2.24, 2.45) is 17.8 Å². The lowest BCUT2D eigenvalue weighted by atomic mass is 9.53. The van der Waals surface area contributed by atoms with Gasteiger partial charge in [0.25, 0.3) is 5.91 Å². The molecule has 6 heteroatoms. The second kappa shape index (κ2) is 7.76. The van der Waals surface area contributed by atoms with Crippen LogP contribution in [0.15, 0.2) is 60.8 Å². The molecule has 164 valence electrons. The molecule has 0 aliphatic heterocycles. The van der Waals surface area contributed by atoms with E-state index in [1.807, 2.05) is 48.5 Å². The summed E-state index contributed by atoms with van der Waals surface area (Å²) < 4.78 is 1.70. The molecule has 0 spiro atoms. The van der Waals surface area contributed by atoms with Gasteiger partial charge in [-0.1, -0.05) is 47.7 Å². The van der Waals surface area contributed by atoms with Gasteiger partial charge in [0.1, 0.15) is 0 Å². The lowest BCUT2D eigenvalue weighted by Crippen LogP contribution is -2.54. The van der Waals surface area contributed by atoms with Crippen LogP contribution in [-0.4, -0.2) is 26.4 Å². The highest BCUT2D eigenvalue weighted by Gasteiger charge is 2.51. The van der Waals surface area contributed by atoms with E-state index in [1.165, 1.54) is 38.5 Å². The fraction of sp³-hybridized carbons (Fsp3) is 0.423. The smallest absolute Gasteiger partial charge is 0.277 e. The number of benzene rings is 2. The average Bonchev–Trinajstić information content (AvgIpc) is 3.23. The van der Waals surface area contributed by atoms with Gasteiger partial charge in [0, 0.05) is 5.54 Å². The summed E-state index contributed by atoms with van der Waals surface area (Å²) in [6.07, 6.45) is 9.73. The zero-order valence-electron chi connectivity index (χ0n) is 18.2. The molecular formula is C26H29N5O. The summed E-state index contributed by atoms with van der Waals surface area (Å²) in [5.41, 5.74) is 3.46. The van der Waals surface area contributed by atoms with Crippen molar-refractivity contribution in [2.45, 2.75) is 50.6 Å². The van der Waals surface area contributed by atoms with Gasteiger partial charge in [-0.3, -0.25) is 4.79 Å². The Balaban J connectivity index is 1.17. The van der Waals surface area contributed by atoms with E-state index >= 15 is 0 Å². The number of rotatable bonds is 6. The van der Waals surface area contributed by atoms with E-state index in [4.69, 9.17) is 0 Å². The highest BCUT2D eigenvalue weighted by atomic mass is 16.2. The standard InChI is InChI=1S/C26H29N5O/c32-25(24-17-31(30-29-24)16-18-6-2-1-3-7-18)27-22-8-4-5-9-23(22)28-26-13-19-10-20(14-26)12-21(11-19)15-26/h1-9,17,19-21,28H,10-16H2,(H,27,32). The highest BCUT2D eigenvalue weighted by Crippen LogP contribution is 2.56. The molecule has 4 fully saturated rings. The van der Waals surface area contributed by atoms with Gasteiger partial charge in [-0.2, -0.15) is 0 Å². The van der Waals surface area contributed by atoms with E-state index in [2.05, 4.69) is 27.0 Å². The summed E-state index contributed by atoms with van der Waals surface area (Å²) in [6.45, 7) is 0.589. The third-order valence-corrected chi connectivity index (χ3v) is 7.57. The van der Waals surface area contributed by atoms with Crippen molar-refractivity contribution in [3.63, 3.8) is 0 Å². The van der Waals surface area contributed by atoms with Crippen LogP contribution in [0.2, 0.25) is 0 Å². The maximum Gasteiger partial charge on any atom is 0.277 e. The Morgan fingerprint density at radius 3 is 2.22 bits per heavy atom. The molecule has 1 amide bonds. The SMILES string of the molecule is O=C(Nc1ccccc1NC12CC3CC(CC(C3)C1)C2)c1cn(Cc2ccccc2)nn1. The molecule has 4 aliphatic carbocycles. The number of aromatic nitrogens is 3. The fourth-order valence-electron chi connectivity index (χ4n) is 6.69. The van der Waals surface area contributed by atoms with Crippen LogP contribution in [0.4, 0.5) is 11.4 Å². The Morgan fingerprint density at radius 2 is 1.53 bits per heavy atom. The minimum atomic E-state index is -0.232.